The van der Waals surface area contributed by atoms with Crippen LogP contribution in [0.4, 0.5) is 5.69 Å². The first kappa shape index (κ1) is 15.9. The van der Waals surface area contributed by atoms with Crippen LogP contribution < -0.4 is 0 Å². The summed E-state index contributed by atoms with van der Waals surface area (Å²) in [4.78, 5) is 19.3. The molecule has 2 rings (SSSR count). The summed E-state index contributed by atoms with van der Waals surface area (Å²) in [6.45, 7) is 4.13. The normalized spacial score (nSPS) is 10.9. The van der Waals surface area contributed by atoms with Crippen molar-refractivity contribution in [3.8, 4) is 11.4 Å². The molecule has 21 heavy (non-hydrogen) atoms. The molecule has 0 saturated heterocycles. The van der Waals surface area contributed by atoms with Gasteiger partial charge in [-0.05, 0) is 34.3 Å². The minimum Gasteiger partial charge on any atom is -0.258 e. The Kier molecular flexibility index (Phi) is 4.90. The maximum atomic E-state index is 11.1. The van der Waals surface area contributed by atoms with E-state index in [4.69, 9.17) is 11.6 Å². The van der Waals surface area contributed by atoms with Crippen LogP contribution in [0.5, 0.6) is 0 Å². The van der Waals surface area contributed by atoms with E-state index in [9.17, 15) is 10.1 Å². The fraction of sp³-hybridized carbons (Fsp3) is 0.286. The van der Waals surface area contributed by atoms with Crippen LogP contribution in [0.25, 0.3) is 11.4 Å². The number of aromatic nitrogens is 2. The number of nitro benzene ring substituents is 1. The highest BCUT2D eigenvalue weighted by molar-refractivity contribution is 9.10. The Morgan fingerprint density at radius 1 is 1.33 bits per heavy atom. The maximum absolute atomic E-state index is 11.1. The van der Waals surface area contributed by atoms with Crippen molar-refractivity contribution in [1.82, 2.24) is 9.97 Å². The number of hydrogen-bond acceptors (Lipinski definition) is 4. The summed E-state index contributed by atoms with van der Waals surface area (Å²) in [6.07, 6.45) is 0.705. The van der Waals surface area contributed by atoms with E-state index in [1.807, 2.05) is 0 Å². The number of nitrogens with zero attached hydrogens (tertiary/aromatic N) is 3. The third-order valence-electron chi connectivity index (χ3n) is 2.82. The van der Waals surface area contributed by atoms with Crippen LogP contribution in [0.3, 0.4) is 0 Å². The predicted molar refractivity (Wildman–Crippen MR) is 85.4 cm³/mol. The van der Waals surface area contributed by atoms with Crippen LogP contribution in [0.2, 0.25) is 5.15 Å². The largest absolute Gasteiger partial charge is 0.280 e. The first-order chi connectivity index (χ1) is 9.90. The molecule has 0 aliphatic rings. The molecule has 1 heterocycles. The summed E-state index contributed by atoms with van der Waals surface area (Å²) < 4.78 is 0.639. The highest BCUT2D eigenvalue weighted by Crippen LogP contribution is 2.32. The van der Waals surface area contributed by atoms with Crippen molar-refractivity contribution in [1.29, 1.82) is 0 Å². The molecule has 0 bridgehead atoms. The Bertz CT molecular complexity index is 692. The Labute approximate surface area is 135 Å². The second kappa shape index (κ2) is 6.49. The quantitative estimate of drug-likeness (QED) is 0.445. The lowest BCUT2D eigenvalue weighted by Gasteiger charge is -2.10. The molecule has 1 aromatic heterocycles. The van der Waals surface area contributed by atoms with Gasteiger partial charge >= 0.3 is 0 Å². The van der Waals surface area contributed by atoms with Crippen LogP contribution in [-0.2, 0) is 6.42 Å². The van der Waals surface area contributed by atoms with Crippen molar-refractivity contribution in [2.24, 2.45) is 5.92 Å². The molecule has 5 nitrogen and oxygen atoms in total. The highest BCUT2D eigenvalue weighted by atomic mass is 79.9. The molecule has 7 heteroatoms. The van der Waals surface area contributed by atoms with E-state index in [2.05, 4.69) is 39.7 Å². The van der Waals surface area contributed by atoms with Crippen LogP contribution in [0.15, 0.2) is 28.7 Å². The van der Waals surface area contributed by atoms with Gasteiger partial charge in [-0.1, -0.05) is 37.6 Å². The van der Waals surface area contributed by atoms with Crippen molar-refractivity contribution >= 4 is 33.2 Å². The molecule has 0 amide bonds. The Morgan fingerprint density at radius 3 is 2.62 bits per heavy atom. The zero-order chi connectivity index (χ0) is 15.6. The van der Waals surface area contributed by atoms with E-state index in [1.165, 1.54) is 6.07 Å². The van der Waals surface area contributed by atoms with Gasteiger partial charge in [0.25, 0.3) is 5.69 Å². The summed E-state index contributed by atoms with van der Waals surface area (Å²) in [7, 11) is 0. The molecular formula is C14H13BrClN3O2. The Balaban J connectivity index is 2.60. The number of hydrogen-bond donors (Lipinski definition) is 0. The van der Waals surface area contributed by atoms with E-state index in [-0.39, 0.29) is 16.7 Å². The second-order valence-electron chi connectivity index (χ2n) is 4.97. The summed E-state index contributed by atoms with van der Waals surface area (Å²) in [6, 6.07) is 6.37. The van der Waals surface area contributed by atoms with Gasteiger partial charge < -0.3 is 0 Å². The topological polar surface area (TPSA) is 68.9 Å². The smallest absolute Gasteiger partial charge is 0.258 e. The zero-order valence-electron chi connectivity index (χ0n) is 11.5. The molecule has 0 atom stereocenters. The number of rotatable bonds is 4. The third kappa shape index (κ3) is 3.57. The van der Waals surface area contributed by atoms with Gasteiger partial charge in [-0.25, -0.2) is 9.97 Å². The van der Waals surface area contributed by atoms with Crippen molar-refractivity contribution in [2.45, 2.75) is 20.3 Å². The molecule has 0 spiro atoms. The molecule has 2 aromatic rings. The molecule has 0 aliphatic heterocycles. The summed E-state index contributed by atoms with van der Waals surface area (Å²) in [5.74, 6) is 0.650. The highest BCUT2D eigenvalue weighted by Gasteiger charge is 2.19. The van der Waals surface area contributed by atoms with E-state index in [0.717, 1.165) is 5.69 Å². The van der Waals surface area contributed by atoms with Crippen LogP contribution in [0, 0.1) is 16.0 Å². The lowest BCUT2D eigenvalue weighted by atomic mass is 10.1. The van der Waals surface area contributed by atoms with Crippen LogP contribution >= 0.6 is 27.5 Å². The van der Waals surface area contributed by atoms with Crippen molar-refractivity contribution in [2.75, 3.05) is 0 Å². The van der Waals surface area contributed by atoms with Gasteiger partial charge in [0.05, 0.1) is 20.7 Å². The molecule has 110 valence electrons. The van der Waals surface area contributed by atoms with E-state index < -0.39 is 4.92 Å². The average molecular weight is 371 g/mol. The molecule has 0 N–H and O–H groups in total. The standard InChI is InChI=1S/C14H13BrClN3O2/c1-8(2)7-10-12(15)13(16)18-14(17-10)9-5-3-4-6-11(9)19(20)21/h3-6,8H,7H2,1-2H3. The Hall–Kier alpha value is -1.53. The van der Waals surface area contributed by atoms with Gasteiger partial charge in [0.2, 0.25) is 0 Å². The minimum absolute atomic E-state index is 0.0358. The van der Waals surface area contributed by atoms with E-state index in [0.29, 0.717) is 22.4 Å². The predicted octanol–water partition coefficient (Wildman–Crippen LogP) is 4.67. The van der Waals surface area contributed by atoms with Crippen LogP contribution in [-0.4, -0.2) is 14.9 Å². The van der Waals surface area contributed by atoms with Crippen molar-refractivity contribution in [3.63, 3.8) is 0 Å². The number of halogens is 2. The van der Waals surface area contributed by atoms with E-state index >= 15 is 0 Å². The summed E-state index contributed by atoms with van der Waals surface area (Å²) in [5.41, 5.74) is 1.08. The van der Waals surface area contributed by atoms with Gasteiger partial charge in [-0.15, -0.1) is 0 Å². The first-order valence-electron chi connectivity index (χ1n) is 6.35. The maximum Gasteiger partial charge on any atom is 0.280 e. The number of benzene rings is 1. The summed E-state index contributed by atoms with van der Waals surface area (Å²) in [5, 5.41) is 11.4. The van der Waals surface area contributed by atoms with Gasteiger partial charge in [0, 0.05) is 6.07 Å². The third-order valence-corrected chi connectivity index (χ3v) is 4.16. The molecule has 0 unspecified atom stereocenters. The van der Waals surface area contributed by atoms with Gasteiger partial charge in [0.1, 0.15) is 5.15 Å². The van der Waals surface area contributed by atoms with Gasteiger partial charge in [0.15, 0.2) is 5.82 Å². The molecule has 0 saturated carbocycles. The average Bonchev–Trinajstić information content (AvgIpc) is 2.43. The molecule has 0 fully saturated rings. The molecular weight excluding hydrogens is 358 g/mol. The second-order valence-corrected chi connectivity index (χ2v) is 6.12. The zero-order valence-corrected chi connectivity index (χ0v) is 13.8. The lowest BCUT2D eigenvalue weighted by molar-refractivity contribution is -0.384. The fourth-order valence-corrected chi connectivity index (χ4v) is 2.46. The summed E-state index contributed by atoms with van der Waals surface area (Å²) >= 11 is 9.49. The van der Waals surface area contributed by atoms with Gasteiger partial charge in [-0.3, -0.25) is 10.1 Å². The molecule has 0 aliphatic carbocycles. The van der Waals surface area contributed by atoms with Crippen molar-refractivity contribution in [3.05, 3.63) is 49.7 Å². The monoisotopic (exact) mass is 369 g/mol. The lowest BCUT2D eigenvalue weighted by Crippen LogP contribution is -2.03. The minimum atomic E-state index is -0.448. The fourth-order valence-electron chi connectivity index (χ4n) is 1.93. The van der Waals surface area contributed by atoms with Crippen LogP contribution in [0.1, 0.15) is 19.5 Å². The molecule has 0 radical (unpaired) electrons. The SMILES string of the molecule is CC(C)Cc1nc(-c2ccccc2[N+](=O)[O-])nc(Cl)c1Br. The molecule has 1 aromatic carbocycles. The number of para-hydroxylation sites is 1. The van der Waals surface area contributed by atoms with Crippen molar-refractivity contribution < 1.29 is 4.92 Å². The number of nitro groups is 1. The van der Waals surface area contributed by atoms with Gasteiger partial charge in [-0.2, -0.15) is 0 Å². The first-order valence-corrected chi connectivity index (χ1v) is 7.53. The Morgan fingerprint density at radius 2 is 2.00 bits per heavy atom. The van der Waals surface area contributed by atoms with E-state index in [1.54, 1.807) is 18.2 Å².